The summed E-state index contributed by atoms with van der Waals surface area (Å²) in [5, 5.41) is 3.02. The maximum atomic E-state index is 12.2. The number of unbranched alkanes of at least 4 members (excludes halogenated alkanes) is 2. The van der Waals surface area contributed by atoms with Gasteiger partial charge in [0.05, 0.1) is 11.0 Å². The van der Waals surface area contributed by atoms with Crippen LogP contribution >= 0.6 is 0 Å². The average Bonchev–Trinajstić information content (AvgIpc) is 3.18. The molecule has 0 aliphatic heterocycles. The van der Waals surface area contributed by atoms with Crippen molar-refractivity contribution in [3.8, 4) is 0 Å². The second-order valence-corrected chi connectivity index (χ2v) is 9.98. The monoisotopic (exact) mass is 453 g/mol. The Morgan fingerprint density at radius 2 is 1.56 bits per heavy atom. The van der Waals surface area contributed by atoms with E-state index in [1.807, 2.05) is 30.3 Å². The van der Waals surface area contributed by atoms with Crippen molar-refractivity contribution in [2.45, 2.75) is 58.4 Å². The lowest BCUT2D eigenvalue weighted by Gasteiger charge is -2.19. The molecular formula is C30H35N3O. The average molecular weight is 454 g/mol. The molecule has 1 heterocycles. The molecule has 0 radical (unpaired) electrons. The van der Waals surface area contributed by atoms with E-state index in [1.165, 1.54) is 16.6 Å². The van der Waals surface area contributed by atoms with Crippen LogP contribution < -0.4 is 5.32 Å². The van der Waals surface area contributed by atoms with Crippen LogP contribution in [0.25, 0.3) is 11.0 Å². The first-order valence-electron chi connectivity index (χ1n) is 12.3. The van der Waals surface area contributed by atoms with Crippen LogP contribution in [-0.4, -0.2) is 22.0 Å². The van der Waals surface area contributed by atoms with E-state index in [2.05, 4.69) is 79.2 Å². The summed E-state index contributed by atoms with van der Waals surface area (Å²) >= 11 is 0. The van der Waals surface area contributed by atoms with Crippen molar-refractivity contribution in [2.24, 2.45) is 0 Å². The molecule has 1 amide bonds. The molecule has 0 spiro atoms. The Kier molecular flexibility index (Phi) is 7.46. The first-order valence-corrected chi connectivity index (χ1v) is 12.3. The highest BCUT2D eigenvalue weighted by atomic mass is 16.1. The van der Waals surface area contributed by atoms with E-state index < -0.39 is 0 Å². The number of aryl methyl sites for hydroxylation is 1. The molecule has 0 saturated heterocycles. The van der Waals surface area contributed by atoms with Gasteiger partial charge in [0, 0.05) is 25.1 Å². The van der Waals surface area contributed by atoms with Crippen molar-refractivity contribution in [1.29, 1.82) is 0 Å². The molecule has 0 bridgehead atoms. The maximum Gasteiger partial charge on any atom is 0.251 e. The summed E-state index contributed by atoms with van der Waals surface area (Å²) in [6.07, 6.45) is 4.00. The van der Waals surface area contributed by atoms with Crippen LogP contribution in [0.4, 0.5) is 0 Å². The summed E-state index contributed by atoms with van der Waals surface area (Å²) in [5.41, 5.74) is 5.76. The standard InChI is InChI=1S/C30H35N3O/c1-30(2,3)25-19-17-23(18-20-25)22-33-27-15-10-9-14-26(27)32-28(33)16-8-5-11-21-31-29(34)24-12-6-4-7-13-24/h4,6-7,9-10,12-15,17-20H,5,8,11,16,21-22H2,1-3H3,(H,31,34). The first kappa shape index (κ1) is 23.7. The van der Waals surface area contributed by atoms with Gasteiger partial charge >= 0.3 is 0 Å². The van der Waals surface area contributed by atoms with Gasteiger partial charge in [0.15, 0.2) is 0 Å². The fraction of sp³-hybridized carbons (Fsp3) is 0.333. The Morgan fingerprint density at radius 3 is 2.29 bits per heavy atom. The molecule has 1 N–H and O–H groups in total. The van der Waals surface area contributed by atoms with Crippen LogP contribution in [0.5, 0.6) is 0 Å². The van der Waals surface area contributed by atoms with Gasteiger partial charge in [-0.2, -0.15) is 0 Å². The Morgan fingerprint density at radius 1 is 0.853 bits per heavy atom. The number of fused-ring (bicyclic) bond motifs is 1. The van der Waals surface area contributed by atoms with Crippen LogP contribution in [0.15, 0.2) is 78.9 Å². The molecular weight excluding hydrogens is 418 g/mol. The SMILES string of the molecule is CC(C)(C)c1ccc(Cn2c(CCCCCNC(=O)c3ccccc3)nc3ccccc32)cc1. The molecule has 4 rings (SSSR count). The third-order valence-electron chi connectivity index (χ3n) is 6.29. The molecule has 0 saturated carbocycles. The predicted octanol–water partition coefficient (Wildman–Crippen LogP) is 6.52. The number of carbonyl (C=O) groups excluding carboxylic acids is 1. The molecule has 3 aromatic carbocycles. The summed E-state index contributed by atoms with van der Waals surface area (Å²) in [7, 11) is 0. The van der Waals surface area contributed by atoms with Crippen LogP contribution in [0, 0.1) is 0 Å². The van der Waals surface area contributed by atoms with E-state index >= 15 is 0 Å². The summed E-state index contributed by atoms with van der Waals surface area (Å²) in [6, 6.07) is 26.8. The molecule has 34 heavy (non-hydrogen) atoms. The topological polar surface area (TPSA) is 46.9 Å². The van der Waals surface area contributed by atoms with Gasteiger partial charge in [-0.25, -0.2) is 4.98 Å². The quantitative estimate of drug-likeness (QED) is 0.293. The molecule has 0 atom stereocenters. The largest absolute Gasteiger partial charge is 0.352 e. The number of rotatable bonds is 9. The molecule has 0 aliphatic carbocycles. The Bertz CT molecular complexity index is 1220. The number of imidazole rings is 1. The highest BCUT2D eigenvalue weighted by molar-refractivity contribution is 5.94. The van der Waals surface area contributed by atoms with Crippen molar-refractivity contribution in [3.63, 3.8) is 0 Å². The number of aromatic nitrogens is 2. The van der Waals surface area contributed by atoms with Crippen molar-refractivity contribution in [1.82, 2.24) is 14.9 Å². The van der Waals surface area contributed by atoms with Gasteiger partial charge in [-0.1, -0.05) is 81.8 Å². The van der Waals surface area contributed by atoms with Crippen LogP contribution in [0.1, 0.15) is 67.3 Å². The third kappa shape index (κ3) is 5.93. The highest BCUT2D eigenvalue weighted by Gasteiger charge is 2.14. The van der Waals surface area contributed by atoms with Crippen molar-refractivity contribution >= 4 is 16.9 Å². The number of hydrogen-bond acceptors (Lipinski definition) is 2. The Hall–Kier alpha value is -3.40. The zero-order valence-electron chi connectivity index (χ0n) is 20.6. The first-order chi connectivity index (χ1) is 16.4. The number of amides is 1. The molecule has 4 heteroatoms. The van der Waals surface area contributed by atoms with E-state index in [1.54, 1.807) is 0 Å². The zero-order chi connectivity index (χ0) is 24.0. The van der Waals surface area contributed by atoms with Gasteiger partial charge in [-0.05, 0) is 53.6 Å². The minimum Gasteiger partial charge on any atom is -0.352 e. The Labute approximate surface area is 203 Å². The number of para-hydroxylation sites is 2. The fourth-order valence-electron chi connectivity index (χ4n) is 4.26. The second-order valence-electron chi connectivity index (χ2n) is 9.98. The van der Waals surface area contributed by atoms with Crippen LogP contribution in [-0.2, 0) is 18.4 Å². The van der Waals surface area contributed by atoms with E-state index in [0.717, 1.165) is 43.6 Å². The van der Waals surface area contributed by atoms with Crippen molar-refractivity contribution in [2.75, 3.05) is 6.54 Å². The molecule has 4 nitrogen and oxygen atoms in total. The minimum atomic E-state index is -0.000119. The van der Waals surface area contributed by atoms with E-state index in [9.17, 15) is 4.79 Å². The van der Waals surface area contributed by atoms with Gasteiger partial charge in [0.2, 0.25) is 0 Å². The van der Waals surface area contributed by atoms with Crippen molar-refractivity contribution in [3.05, 3.63) is 101 Å². The van der Waals surface area contributed by atoms with Gasteiger partial charge in [-0.15, -0.1) is 0 Å². The fourth-order valence-corrected chi connectivity index (χ4v) is 4.26. The van der Waals surface area contributed by atoms with Crippen LogP contribution in [0.3, 0.4) is 0 Å². The number of hydrogen-bond donors (Lipinski definition) is 1. The second kappa shape index (κ2) is 10.7. The maximum absolute atomic E-state index is 12.2. The molecule has 0 fully saturated rings. The molecule has 176 valence electrons. The summed E-state index contributed by atoms with van der Waals surface area (Å²) in [6.45, 7) is 8.27. The van der Waals surface area contributed by atoms with Gasteiger partial charge in [0.1, 0.15) is 5.82 Å². The number of benzene rings is 3. The molecule has 1 aromatic heterocycles. The van der Waals surface area contributed by atoms with Crippen molar-refractivity contribution < 1.29 is 4.79 Å². The summed E-state index contributed by atoms with van der Waals surface area (Å²) in [4.78, 5) is 17.1. The lowest BCUT2D eigenvalue weighted by Crippen LogP contribution is -2.24. The van der Waals surface area contributed by atoms with E-state index in [-0.39, 0.29) is 11.3 Å². The lowest BCUT2D eigenvalue weighted by molar-refractivity contribution is 0.0953. The van der Waals surface area contributed by atoms with Gasteiger partial charge in [-0.3, -0.25) is 4.79 Å². The smallest absolute Gasteiger partial charge is 0.251 e. The van der Waals surface area contributed by atoms with E-state index in [4.69, 9.17) is 4.98 Å². The highest BCUT2D eigenvalue weighted by Crippen LogP contribution is 2.24. The molecule has 0 aliphatic rings. The van der Waals surface area contributed by atoms with Crippen LogP contribution in [0.2, 0.25) is 0 Å². The van der Waals surface area contributed by atoms with E-state index in [0.29, 0.717) is 12.1 Å². The number of carbonyl (C=O) groups is 1. The van der Waals surface area contributed by atoms with Gasteiger partial charge < -0.3 is 9.88 Å². The molecule has 4 aromatic rings. The normalized spacial score (nSPS) is 11.6. The molecule has 0 unspecified atom stereocenters. The predicted molar refractivity (Wildman–Crippen MR) is 140 cm³/mol. The number of nitrogens with one attached hydrogen (secondary N) is 1. The third-order valence-corrected chi connectivity index (χ3v) is 6.29. The summed E-state index contributed by atoms with van der Waals surface area (Å²) in [5.74, 6) is 1.13. The number of nitrogens with zero attached hydrogens (tertiary/aromatic N) is 2. The lowest BCUT2D eigenvalue weighted by atomic mass is 9.87. The Balaban J connectivity index is 1.35. The van der Waals surface area contributed by atoms with Gasteiger partial charge in [0.25, 0.3) is 5.91 Å². The summed E-state index contributed by atoms with van der Waals surface area (Å²) < 4.78 is 2.36. The minimum absolute atomic E-state index is 0.000119. The zero-order valence-corrected chi connectivity index (χ0v) is 20.6.